The molecule has 0 fully saturated rings. The van der Waals surface area contributed by atoms with Crippen molar-refractivity contribution in [3.63, 3.8) is 0 Å². The second-order valence-electron chi connectivity index (χ2n) is 3.82. The molecule has 2 rings (SSSR count). The number of hydrogen-bond acceptors (Lipinski definition) is 3. The SMILES string of the molecule is CCCc1nc(C(=O)O)c(-c2ccccc2Br)s1. The predicted molar refractivity (Wildman–Crippen MR) is 76.2 cm³/mol. The summed E-state index contributed by atoms with van der Waals surface area (Å²) in [7, 11) is 0. The fraction of sp³-hybridized carbons (Fsp3) is 0.231. The Hall–Kier alpha value is -1.20. The van der Waals surface area contributed by atoms with Gasteiger partial charge in [0.1, 0.15) is 0 Å². The zero-order valence-corrected chi connectivity index (χ0v) is 12.2. The number of benzene rings is 1. The average Bonchev–Trinajstić information content (AvgIpc) is 2.74. The quantitative estimate of drug-likeness (QED) is 0.915. The molecule has 5 heteroatoms. The van der Waals surface area contributed by atoms with Crippen LogP contribution < -0.4 is 0 Å². The monoisotopic (exact) mass is 325 g/mol. The summed E-state index contributed by atoms with van der Waals surface area (Å²) in [6.45, 7) is 2.06. The second-order valence-corrected chi connectivity index (χ2v) is 5.76. The van der Waals surface area contributed by atoms with Gasteiger partial charge in [-0.15, -0.1) is 11.3 Å². The lowest BCUT2D eigenvalue weighted by Crippen LogP contribution is -1.99. The number of carboxylic acid groups (broad SMARTS) is 1. The van der Waals surface area contributed by atoms with Crippen molar-refractivity contribution < 1.29 is 9.90 Å². The van der Waals surface area contributed by atoms with E-state index < -0.39 is 5.97 Å². The maximum Gasteiger partial charge on any atom is 0.356 e. The fourth-order valence-electron chi connectivity index (χ4n) is 1.66. The van der Waals surface area contributed by atoms with E-state index in [1.54, 1.807) is 0 Å². The molecular weight excluding hydrogens is 314 g/mol. The molecule has 0 spiro atoms. The van der Waals surface area contributed by atoms with Gasteiger partial charge in [0.15, 0.2) is 5.69 Å². The molecule has 94 valence electrons. The van der Waals surface area contributed by atoms with Crippen LogP contribution in [0.3, 0.4) is 0 Å². The van der Waals surface area contributed by atoms with E-state index in [0.29, 0.717) is 0 Å². The maximum absolute atomic E-state index is 11.3. The van der Waals surface area contributed by atoms with Crippen LogP contribution in [0, 0.1) is 0 Å². The Kier molecular flexibility index (Phi) is 4.14. The molecular formula is C13H12BrNO2S. The van der Waals surface area contributed by atoms with Crippen molar-refractivity contribution in [2.45, 2.75) is 19.8 Å². The standard InChI is InChI=1S/C13H12BrNO2S/c1-2-5-10-15-11(13(16)17)12(18-10)8-6-3-4-7-9(8)14/h3-4,6-7H,2,5H2,1H3,(H,16,17). The summed E-state index contributed by atoms with van der Waals surface area (Å²) in [5.41, 5.74) is 1.03. The summed E-state index contributed by atoms with van der Waals surface area (Å²) in [6.07, 6.45) is 1.78. The highest BCUT2D eigenvalue weighted by Gasteiger charge is 2.19. The van der Waals surface area contributed by atoms with Gasteiger partial charge in [-0.25, -0.2) is 9.78 Å². The summed E-state index contributed by atoms with van der Waals surface area (Å²) >= 11 is 4.91. The number of hydrogen-bond donors (Lipinski definition) is 1. The Morgan fingerprint density at radius 3 is 2.78 bits per heavy atom. The van der Waals surface area contributed by atoms with Crippen LogP contribution in [0.15, 0.2) is 28.7 Å². The highest BCUT2D eigenvalue weighted by molar-refractivity contribution is 9.10. The van der Waals surface area contributed by atoms with Crippen molar-refractivity contribution in [2.24, 2.45) is 0 Å². The van der Waals surface area contributed by atoms with E-state index in [1.165, 1.54) is 11.3 Å². The maximum atomic E-state index is 11.3. The van der Waals surface area contributed by atoms with Crippen LogP contribution in [0.2, 0.25) is 0 Å². The number of thiazole rings is 1. The van der Waals surface area contributed by atoms with Crippen LogP contribution in [0.4, 0.5) is 0 Å². The van der Waals surface area contributed by atoms with Crippen LogP contribution in [-0.4, -0.2) is 16.1 Å². The summed E-state index contributed by atoms with van der Waals surface area (Å²) in [5, 5.41) is 10.1. The summed E-state index contributed by atoms with van der Waals surface area (Å²) in [4.78, 5) is 16.2. The number of aryl methyl sites for hydroxylation is 1. The zero-order valence-electron chi connectivity index (χ0n) is 9.81. The first-order valence-corrected chi connectivity index (χ1v) is 7.22. The molecule has 1 aromatic carbocycles. The average molecular weight is 326 g/mol. The number of carboxylic acids is 1. The largest absolute Gasteiger partial charge is 0.476 e. The second kappa shape index (κ2) is 5.63. The molecule has 0 bridgehead atoms. The Morgan fingerprint density at radius 1 is 1.44 bits per heavy atom. The Bertz CT molecular complexity index is 580. The molecule has 0 radical (unpaired) electrons. The molecule has 0 atom stereocenters. The Labute approximate surface area is 118 Å². The van der Waals surface area contributed by atoms with E-state index in [9.17, 15) is 9.90 Å². The van der Waals surface area contributed by atoms with Crippen LogP contribution in [0.5, 0.6) is 0 Å². The molecule has 1 heterocycles. The van der Waals surface area contributed by atoms with Gasteiger partial charge >= 0.3 is 5.97 Å². The number of aromatic nitrogens is 1. The predicted octanol–water partition coefficient (Wildman–Crippen LogP) is 4.22. The van der Waals surface area contributed by atoms with E-state index in [-0.39, 0.29) is 5.69 Å². The minimum Gasteiger partial charge on any atom is -0.476 e. The fourth-order valence-corrected chi connectivity index (χ4v) is 3.47. The Morgan fingerprint density at radius 2 is 2.17 bits per heavy atom. The molecule has 0 aliphatic carbocycles. The third kappa shape index (κ3) is 2.62. The number of halogens is 1. The van der Waals surface area contributed by atoms with Gasteiger partial charge in [0, 0.05) is 10.0 Å². The molecule has 0 aliphatic heterocycles. The first-order chi connectivity index (χ1) is 8.63. The summed E-state index contributed by atoms with van der Waals surface area (Å²) in [6, 6.07) is 7.60. The van der Waals surface area contributed by atoms with E-state index >= 15 is 0 Å². The van der Waals surface area contributed by atoms with Crippen LogP contribution in [-0.2, 0) is 6.42 Å². The minimum absolute atomic E-state index is 0.148. The lowest BCUT2D eigenvalue weighted by molar-refractivity contribution is 0.0692. The number of carbonyl (C=O) groups is 1. The van der Waals surface area contributed by atoms with Crippen molar-refractivity contribution in [1.29, 1.82) is 0 Å². The van der Waals surface area contributed by atoms with Crippen molar-refractivity contribution in [1.82, 2.24) is 4.98 Å². The van der Waals surface area contributed by atoms with E-state index in [2.05, 4.69) is 27.8 Å². The van der Waals surface area contributed by atoms with Gasteiger partial charge in [-0.3, -0.25) is 0 Å². The molecule has 0 aliphatic rings. The van der Waals surface area contributed by atoms with Gasteiger partial charge in [0.25, 0.3) is 0 Å². The van der Waals surface area contributed by atoms with Crippen molar-refractivity contribution in [2.75, 3.05) is 0 Å². The van der Waals surface area contributed by atoms with Crippen LogP contribution >= 0.6 is 27.3 Å². The van der Waals surface area contributed by atoms with Crippen LogP contribution in [0.1, 0.15) is 28.8 Å². The third-order valence-corrected chi connectivity index (χ3v) is 4.30. The van der Waals surface area contributed by atoms with Gasteiger partial charge in [0.05, 0.1) is 9.88 Å². The lowest BCUT2D eigenvalue weighted by Gasteiger charge is -2.01. The zero-order chi connectivity index (χ0) is 13.1. The molecule has 0 saturated carbocycles. The van der Waals surface area contributed by atoms with Crippen LogP contribution in [0.25, 0.3) is 10.4 Å². The molecule has 0 saturated heterocycles. The topological polar surface area (TPSA) is 50.2 Å². The smallest absolute Gasteiger partial charge is 0.356 e. The number of aromatic carboxylic acids is 1. The van der Waals surface area contributed by atoms with Gasteiger partial charge in [0.2, 0.25) is 0 Å². The number of rotatable bonds is 4. The molecule has 1 aromatic heterocycles. The number of nitrogens with zero attached hydrogens (tertiary/aromatic N) is 1. The first kappa shape index (κ1) is 13.2. The molecule has 18 heavy (non-hydrogen) atoms. The van der Waals surface area contributed by atoms with Gasteiger partial charge in [-0.1, -0.05) is 41.1 Å². The molecule has 0 amide bonds. The van der Waals surface area contributed by atoms with Crippen molar-refractivity contribution in [3.8, 4) is 10.4 Å². The summed E-state index contributed by atoms with van der Waals surface area (Å²) in [5.74, 6) is -0.973. The van der Waals surface area contributed by atoms with E-state index in [1.807, 2.05) is 24.3 Å². The van der Waals surface area contributed by atoms with E-state index in [4.69, 9.17) is 0 Å². The van der Waals surface area contributed by atoms with Crippen molar-refractivity contribution in [3.05, 3.63) is 39.4 Å². The normalized spacial score (nSPS) is 10.6. The third-order valence-electron chi connectivity index (χ3n) is 2.46. The van der Waals surface area contributed by atoms with Gasteiger partial charge in [-0.2, -0.15) is 0 Å². The molecule has 0 unspecified atom stereocenters. The van der Waals surface area contributed by atoms with E-state index in [0.717, 1.165) is 32.8 Å². The summed E-state index contributed by atoms with van der Waals surface area (Å²) < 4.78 is 0.888. The molecule has 1 N–H and O–H groups in total. The van der Waals surface area contributed by atoms with Gasteiger partial charge < -0.3 is 5.11 Å². The van der Waals surface area contributed by atoms with Crippen molar-refractivity contribution >= 4 is 33.2 Å². The highest BCUT2D eigenvalue weighted by Crippen LogP contribution is 2.35. The lowest BCUT2D eigenvalue weighted by atomic mass is 10.1. The van der Waals surface area contributed by atoms with Gasteiger partial charge in [-0.05, 0) is 18.9 Å². The minimum atomic E-state index is -0.973. The highest BCUT2D eigenvalue weighted by atomic mass is 79.9. The first-order valence-electron chi connectivity index (χ1n) is 5.61. The molecule has 2 aromatic rings. The molecule has 3 nitrogen and oxygen atoms in total. The Balaban J connectivity index is 2.55.